The summed E-state index contributed by atoms with van der Waals surface area (Å²) in [6, 6.07) is 8.61. The number of furan rings is 1. The predicted molar refractivity (Wildman–Crippen MR) is 93.7 cm³/mol. The van der Waals surface area contributed by atoms with Gasteiger partial charge in [-0.1, -0.05) is 0 Å². The van der Waals surface area contributed by atoms with Gasteiger partial charge in [-0.2, -0.15) is 0 Å². The Hall–Kier alpha value is -2.44. The molecule has 1 fully saturated rings. The summed E-state index contributed by atoms with van der Waals surface area (Å²) in [5, 5.41) is 0. The molecule has 3 aromatic rings. The summed E-state index contributed by atoms with van der Waals surface area (Å²) in [6.07, 6.45) is 6.37. The summed E-state index contributed by atoms with van der Waals surface area (Å²) in [4.78, 5) is 6.92. The van der Waals surface area contributed by atoms with Crippen molar-refractivity contribution in [2.75, 3.05) is 13.1 Å². The molecule has 0 saturated carbocycles. The molecule has 1 atom stereocenters. The summed E-state index contributed by atoms with van der Waals surface area (Å²) in [5.74, 6) is 0.709. The third-order valence-electron chi connectivity index (χ3n) is 5.41. The van der Waals surface area contributed by atoms with Crippen LogP contribution in [0.5, 0.6) is 0 Å². The van der Waals surface area contributed by atoms with Crippen LogP contribution < -0.4 is 0 Å². The van der Waals surface area contributed by atoms with Gasteiger partial charge in [0.15, 0.2) is 0 Å². The van der Waals surface area contributed by atoms with Crippen LogP contribution in [0.4, 0.5) is 4.39 Å². The highest BCUT2D eigenvalue weighted by Gasteiger charge is 2.43. The highest BCUT2D eigenvalue weighted by molar-refractivity contribution is 5.59. The molecule has 1 aromatic carbocycles. The fourth-order valence-electron chi connectivity index (χ4n) is 4.06. The smallest absolute Gasteiger partial charge is 0.135 e. The Bertz CT molecular complexity index is 904. The number of rotatable bonds is 3. The number of aromatic nitrogens is 2. The monoisotopic (exact) mass is 353 g/mol. The second-order valence-electron chi connectivity index (χ2n) is 7.22. The number of benzene rings is 1. The van der Waals surface area contributed by atoms with Gasteiger partial charge in [0.25, 0.3) is 0 Å². The SMILES string of the molecule is Fc1ccc(-c2cnc3n2C[C@@]2(CCN(Cc4ccoc4)C2)OC3)cc1. The first-order valence-electron chi connectivity index (χ1n) is 8.89. The predicted octanol–water partition coefficient (Wildman–Crippen LogP) is 3.46. The lowest BCUT2D eigenvalue weighted by Crippen LogP contribution is -2.44. The van der Waals surface area contributed by atoms with Crippen molar-refractivity contribution in [3.63, 3.8) is 0 Å². The van der Waals surface area contributed by atoms with E-state index in [9.17, 15) is 4.39 Å². The molecule has 2 aliphatic rings. The second kappa shape index (κ2) is 6.07. The minimum absolute atomic E-state index is 0.188. The number of likely N-dealkylation sites (tertiary alicyclic amines) is 1. The average molecular weight is 353 g/mol. The van der Waals surface area contributed by atoms with Gasteiger partial charge in [-0.15, -0.1) is 0 Å². The van der Waals surface area contributed by atoms with Crippen molar-refractivity contribution in [2.45, 2.75) is 31.7 Å². The van der Waals surface area contributed by atoms with Crippen LogP contribution in [0, 0.1) is 5.82 Å². The van der Waals surface area contributed by atoms with Crippen LogP contribution in [0.2, 0.25) is 0 Å². The maximum atomic E-state index is 13.3. The minimum Gasteiger partial charge on any atom is -0.472 e. The fourth-order valence-corrected chi connectivity index (χ4v) is 4.06. The van der Waals surface area contributed by atoms with Crippen molar-refractivity contribution in [1.82, 2.24) is 14.5 Å². The van der Waals surface area contributed by atoms with Crippen molar-refractivity contribution in [3.05, 3.63) is 66.3 Å². The van der Waals surface area contributed by atoms with Crippen LogP contribution in [-0.4, -0.2) is 33.1 Å². The molecule has 0 amide bonds. The highest BCUT2D eigenvalue weighted by Crippen LogP contribution is 2.35. The van der Waals surface area contributed by atoms with Crippen molar-refractivity contribution in [3.8, 4) is 11.3 Å². The topological polar surface area (TPSA) is 43.4 Å². The van der Waals surface area contributed by atoms with E-state index in [1.165, 1.54) is 17.7 Å². The van der Waals surface area contributed by atoms with Crippen LogP contribution in [0.3, 0.4) is 0 Å². The standard InChI is InChI=1S/C20H20FN3O2/c21-17-3-1-16(2-4-17)18-9-22-19-12-26-20(14-24(18)19)6-7-23(13-20)10-15-5-8-25-11-15/h1-5,8-9,11H,6-7,10,12-14H2/t20-/m0/s1. The van der Waals surface area contributed by atoms with E-state index in [1.807, 2.05) is 24.4 Å². The summed E-state index contributed by atoms with van der Waals surface area (Å²) in [6.45, 7) is 4.06. The molecule has 0 unspecified atom stereocenters. The number of hydrogen-bond donors (Lipinski definition) is 0. The normalized spacial score (nSPS) is 22.8. The molecule has 26 heavy (non-hydrogen) atoms. The van der Waals surface area contributed by atoms with E-state index in [-0.39, 0.29) is 11.4 Å². The number of hydrogen-bond acceptors (Lipinski definition) is 4. The molecule has 4 heterocycles. The summed E-state index contributed by atoms with van der Waals surface area (Å²) in [7, 11) is 0. The van der Waals surface area contributed by atoms with Gasteiger partial charge in [0.05, 0.1) is 31.0 Å². The lowest BCUT2D eigenvalue weighted by atomic mass is 10.0. The third kappa shape index (κ3) is 2.75. The van der Waals surface area contributed by atoms with Crippen LogP contribution in [0.25, 0.3) is 11.3 Å². The van der Waals surface area contributed by atoms with Crippen molar-refractivity contribution in [1.29, 1.82) is 0 Å². The van der Waals surface area contributed by atoms with Gasteiger partial charge < -0.3 is 13.7 Å². The Labute approximate surface area is 151 Å². The molecule has 0 radical (unpaired) electrons. The molecular formula is C20H20FN3O2. The average Bonchev–Trinajstić information content (AvgIpc) is 3.37. The van der Waals surface area contributed by atoms with E-state index in [4.69, 9.17) is 9.15 Å². The number of fused-ring (bicyclic) bond motifs is 1. The molecule has 2 aromatic heterocycles. The number of imidazole rings is 1. The molecule has 6 heteroatoms. The molecular weight excluding hydrogens is 333 g/mol. The Balaban J connectivity index is 1.38. The van der Waals surface area contributed by atoms with Gasteiger partial charge in [0, 0.05) is 25.2 Å². The lowest BCUT2D eigenvalue weighted by Gasteiger charge is -2.35. The first-order valence-corrected chi connectivity index (χ1v) is 8.89. The molecule has 5 nitrogen and oxygen atoms in total. The fraction of sp³-hybridized carbons (Fsp3) is 0.350. The zero-order chi connectivity index (χ0) is 17.6. The molecule has 1 saturated heterocycles. The Morgan fingerprint density at radius 3 is 2.85 bits per heavy atom. The van der Waals surface area contributed by atoms with Crippen LogP contribution in [-0.2, 0) is 24.4 Å². The summed E-state index contributed by atoms with van der Waals surface area (Å²) < 4.78 is 26.9. The zero-order valence-corrected chi connectivity index (χ0v) is 14.4. The van der Waals surface area contributed by atoms with E-state index in [0.29, 0.717) is 6.61 Å². The zero-order valence-electron chi connectivity index (χ0n) is 14.4. The summed E-state index contributed by atoms with van der Waals surface area (Å²) >= 11 is 0. The van der Waals surface area contributed by atoms with E-state index in [0.717, 1.165) is 49.7 Å². The second-order valence-corrected chi connectivity index (χ2v) is 7.22. The van der Waals surface area contributed by atoms with Gasteiger partial charge in [0.1, 0.15) is 23.8 Å². The van der Waals surface area contributed by atoms with Gasteiger partial charge in [0.2, 0.25) is 0 Å². The van der Waals surface area contributed by atoms with E-state index in [2.05, 4.69) is 14.5 Å². The van der Waals surface area contributed by atoms with Crippen LogP contribution in [0.1, 0.15) is 17.8 Å². The largest absolute Gasteiger partial charge is 0.472 e. The van der Waals surface area contributed by atoms with Crippen molar-refractivity contribution < 1.29 is 13.5 Å². The van der Waals surface area contributed by atoms with E-state index >= 15 is 0 Å². The first-order chi connectivity index (χ1) is 12.7. The van der Waals surface area contributed by atoms with Gasteiger partial charge in [-0.25, -0.2) is 9.37 Å². The third-order valence-corrected chi connectivity index (χ3v) is 5.41. The molecule has 0 bridgehead atoms. The molecule has 1 spiro atoms. The van der Waals surface area contributed by atoms with Crippen molar-refractivity contribution in [2.24, 2.45) is 0 Å². The lowest BCUT2D eigenvalue weighted by molar-refractivity contribution is -0.0821. The molecule has 5 rings (SSSR count). The van der Waals surface area contributed by atoms with Gasteiger partial charge >= 0.3 is 0 Å². The molecule has 0 aliphatic carbocycles. The Kier molecular flexibility index (Phi) is 3.69. The maximum absolute atomic E-state index is 13.3. The minimum atomic E-state index is -0.224. The number of nitrogens with zero attached hydrogens (tertiary/aromatic N) is 3. The first kappa shape index (κ1) is 15.8. The highest BCUT2D eigenvalue weighted by atomic mass is 19.1. The van der Waals surface area contributed by atoms with Crippen molar-refractivity contribution >= 4 is 0 Å². The van der Waals surface area contributed by atoms with Gasteiger partial charge in [-0.3, -0.25) is 4.90 Å². The Morgan fingerprint density at radius 2 is 2.04 bits per heavy atom. The quantitative estimate of drug-likeness (QED) is 0.723. The number of halogens is 1. The van der Waals surface area contributed by atoms with E-state index in [1.54, 1.807) is 12.5 Å². The molecule has 0 N–H and O–H groups in total. The van der Waals surface area contributed by atoms with Crippen LogP contribution >= 0.6 is 0 Å². The van der Waals surface area contributed by atoms with Crippen LogP contribution in [0.15, 0.2) is 53.5 Å². The van der Waals surface area contributed by atoms with Gasteiger partial charge in [-0.05, 0) is 42.3 Å². The maximum Gasteiger partial charge on any atom is 0.135 e. The Morgan fingerprint density at radius 1 is 1.15 bits per heavy atom. The molecule has 2 aliphatic heterocycles. The number of ether oxygens (including phenoxy) is 1. The van der Waals surface area contributed by atoms with E-state index < -0.39 is 0 Å². The summed E-state index contributed by atoms with van der Waals surface area (Å²) in [5.41, 5.74) is 3.01. The molecule has 134 valence electrons.